The largest absolute Gasteiger partial charge is 0.473 e. The molecule has 0 atom stereocenters. The molecule has 28 heavy (non-hydrogen) atoms. The molecule has 0 N–H and O–H groups in total. The molecule has 0 unspecified atom stereocenters. The van der Waals surface area contributed by atoms with Gasteiger partial charge in [0.15, 0.2) is 0 Å². The maximum atomic E-state index is 10.7. The van der Waals surface area contributed by atoms with Gasteiger partial charge in [0.1, 0.15) is 11.9 Å². The number of imidazole rings is 1. The molecule has 3 rings (SSSR count). The van der Waals surface area contributed by atoms with Crippen molar-refractivity contribution in [2.75, 3.05) is 21.3 Å². The van der Waals surface area contributed by atoms with Crippen LogP contribution >= 0.6 is 7.82 Å². The van der Waals surface area contributed by atoms with Crippen molar-refractivity contribution in [3.8, 4) is 0 Å². The third-order valence-electron chi connectivity index (χ3n) is 4.30. The van der Waals surface area contributed by atoms with E-state index in [4.69, 9.17) is 0 Å². The van der Waals surface area contributed by atoms with E-state index in [-0.39, 0.29) is 0 Å². The summed E-state index contributed by atoms with van der Waals surface area (Å²) < 4.78 is 28.1. The van der Waals surface area contributed by atoms with Crippen LogP contribution in [0.15, 0.2) is 48.8 Å². The number of phosphoric ester groups is 1. The zero-order valence-corrected chi connectivity index (χ0v) is 18.6. The normalized spacial score (nSPS) is 10.7. The third-order valence-corrected chi connectivity index (χ3v) is 5.64. The number of hydrogen-bond donors (Lipinski definition) is 0. The van der Waals surface area contributed by atoms with Gasteiger partial charge in [0, 0.05) is 46.8 Å². The molecule has 8 heteroatoms. The molecule has 3 aromatic rings. The highest BCUT2D eigenvalue weighted by Gasteiger charge is 2.18. The van der Waals surface area contributed by atoms with Crippen molar-refractivity contribution in [3.05, 3.63) is 60.3 Å². The lowest BCUT2D eigenvalue weighted by Gasteiger charge is -2.08. The zero-order chi connectivity index (χ0) is 21.2. The Kier molecular flexibility index (Phi) is 10.0. The third kappa shape index (κ3) is 6.84. The van der Waals surface area contributed by atoms with Gasteiger partial charge in [-0.3, -0.25) is 18.6 Å². The maximum absolute atomic E-state index is 10.7. The van der Waals surface area contributed by atoms with Gasteiger partial charge < -0.3 is 0 Å². The first-order valence-electron chi connectivity index (χ1n) is 8.91. The Labute approximate surface area is 167 Å². The number of rotatable bonds is 4. The van der Waals surface area contributed by atoms with Gasteiger partial charge in [-0.25, -0.2) is 13.7 Å². The standard InChI is InChI=1S/C9H7N.C8H15N2.C3H9O4P/c1-2-6-9-8(4-1)5-3-7-10-9;1-5-10-6-7(2)9(4)8(10)3;1-5-8(4,6-2)7-3/h1-7H;6H,5H2,1-4H3;1-3H3/q;+1;. The quantitative estimate of drug-likeness (QED) is 0.478. The van der Waals surface area contributed by atoms with E-state index in [0.717, 1.165) is 12.1 Å². The summed E-state index contributed by atoms with van der Waals surface area (Å²) in [4.78, 5) is 4.18. The van der Waals surface area contributed by atoms with Crippen LogP contribution in [0.1, 0.15) is 18.4 Å². The molecule has 0 amide bonds. The Hall–Kier alpha value is -2.05. The average Bonchev–Trinajstić information content (AvgIpc) is 3.01. The van der Waals surface area contributed by atoms with E-state index in [1.165, 1.54) is 38.2 Å². The smallest absolute Gasteiger partial charge is 0.290 e. The summed E-state index contributed by atoms with van der Waals surface area (Å²) in [6.45, 7) is 7.48. The summed E-state index contributed by atoms with van der Waals surface area (Å²) >= 11 is 0. The molecular weight excluding hydrogens is 377 g/mol. The predicted octanol–water partition coefficient (Wildman–Crippen LogP) is 4.22. The molecule has 0 saturated carbocycles. The van der Waals surface area contributed by atoms with E-state index in [2.05, 4.69) is 73.8 Å². The van der Waals surface area contributed by atoms with Crippen molar-refractivity contribution < 1.29 is 22.7 Å². The van der Waals surface area contributed by atoms with Crippen LogP contribution in [-0.2, 0) is 31.7 Å². The van der Waals surface area contributed by atoms with E-state index in [1.807, 2.05) is 30.5 Å². The molecular formula is C20H31N3O4P+. The lowest BCUT2D eigenvalue weighted by Crippen LogP contribution is -2.33. The van der Waals surface area contributed by atoms with Gasteiger partial charge in [0.2, 0.25) is 0 Å². The van der Waals surface area contributed by atoms with Crippen LogP contribution in [0.5, 0.6) is 0 Å². The molecule has 0 bridgehead atoms. The Morgan fingerprint density at radius 3 is 2.00 bits per heavy atom. The summed E-state index contributed by atoms with van der Waals surface area (Å²) in [5.41, 5.74) is 2.38. The number of pyridine rings is 1. The zero-order valence-electron chi connectivity index (χ0n) is 17.7. The number of hydrogen-bond acceptors (Lipinski definition) is 5. The minimum absolute atomic E-state index is 1.06. The number of phosphoric acid groups is 1. The molecule has 0 radical (unpaired) electrons. The van der Waals surface area contributed by atoms with Crippen molar-refractivity contribution in [3.63, 3.8) is 0 Å². The monoisotopic (exact) mass is 408 g/mol. The first kappa shape index (κ1) is 24.0. The van der Waals surface area contributed by atoms with Gasteiger partial charge in [-0.1, -0.05) is 24.3 Å². The van der Waals surface area contributed by atoms with Crippen LogP contribution < -0.4 is 4.57 Å². The van der Waals surface area contributed by atoms with Crippen molar-refractivity contribution in [2.45, 2.75) is 27.3 Å². The molecule has 0 aliphatic heterocycles. The summed E-state index contributed by atoms with van der Waals surface area (Å²) in [5.74, 6) is 1.32. The van der Waals surface area contributed by atoms with Crippen LogP contribution in [0.2, 0.25) is 0 Å². The number of fused-ring (bicyclic) bond motifs is 1. The molecule has 2 heterocycles. The van der Waals surface area contributed by atoms with Gasteiger partial charge >= 0.3 is 7.82 Å². The molecule has 154 valence electrons. The van der Waals surface area contributed by atoms with Gasteiger partial charge in [0.05, 0.1) is 19.1 Å². The SMILES string of the molecule is CC[n+]1cc(C)n(C)c1C.COP(=O)(OC)OC.c1ccc2ncccc2c1. The van der Waals surface area contributed by atoms with Crippen LogP contribution in [0.25, 0.3) is 10.9 Å². The van der Waals surface area contributed by atoms with Gasteiger partial charge in [0.25, 0.3) is 5.82 Å². The second kappa shape index (κ2) is 11.7. The van der Waals surface area contributed by atoms with Gasteiger partial charge in [-0.15, -0.1) is 0 Å². The van der Waals surface area contributed by atoms with Crippen molar-refractivity contribution in [2.24, 2.45) is 7.05 Å². The highest BCUT2D eigenvalue weighted by Crippen LogP contribution is 2.46. The second-order valence-electron chi connectivity index (χ2n) is 5.85. The fourth-order valence-electron chi connectivity index (χ4n) is 2.41. The Morgan fingerprint density at radius 1 is 1.04 bits per heavy atom. The molecule has 2 aromatic heterocycles. The summed E-state index contributed by atoms with van der Waals surface area (Å²) in [5, 5.41) is 1.20. The predicted molar refractivity (Wildman–Crippen MR) is 111 cm³/mol. The minimum Gasteiger partial charge on any atom is -0.290 e. The number of nitrogens with zero attached hydrogens (tertiary/aromatic N) is 3. The van der Waals surface area contributed by atoms with Crippen LogP contribution in [0.4, 0.5) is 0 Å². The highest BCUT2D eigenvalue weighted by molar-refractivity contribution is 7.48. The number of para-hydroxylation sites is 1. The highest BCUT2D eigenvalue weighted by atomic mass is 31.2. The fraction of sp³-hybridized carbons (Fsp3) is 0.400. The van der Waals surface area contributed by atoms with Crippen LogP contribution in [0.3, 0.4) is 0 Å². The molecule has 0 aliphatic rings. The van der Waals surface area contributed by atoms with Gasteiger partial charge in [-0.05, 0) is 19.1 Å². The molecule has 0 spiro atoms. The Bertz CT molecular complexity index is 827. The first-order chi connectivity index (χ1) is 13.3. The molecule has 0 saturated heterocycles. The Morgan fingerprint density at radius 2 is 1.61 bits per heavy atom. The summed E-state index contributed by atoms with van der Waals surface area (Å²) in [7, 11) is 2.71. The van der Waals surface area contributed by atoms with E-state index in [0.29, 0.717) is 0 Å². The fourth-order valence-corrected chi connectivity index (χ4v) is 2.86. The second-order valence-corrected chi connectivity index (χ2v) is 7.84. The van der Waals surface area contributed by atoms with Crippen molar-refractivity contribution in [1.82, 2.24) is 9.55 Å². The van der Waals surface area contributed by atoms with E-state index in [9.17, 15) is 4.57 Å². The molecule has 1 aromatic carbocycles. The number of benzene rings is 1. The van der Waals surface area contributed by atoms with Crippen molar-refractivity contribution in [1.29, 1.82) is 0 Å². The van der Waals surface area contributed by atoms with Crippen LogP contribution in [0, 0.1) is 13.8 Å². The van der Waals surface area contributed by atoms with E-state index in [1.54, 1.807) is 0 Å². The first-order valence-corrected chi connectivity index (χ1v) is 10.4. The van der Waals surface area contributed by atoms with E-state index < -0.39 is 7.82 Å². The molecule has 0 aliphatic carbocycles. The van der Waals surface area contributed by atoms with Gasteiger partial charge in [-0.2, -0.15) is 0 Å². The number of aryl methyl sites for hydroxylation is 2. The summed E-state index contributed by atoms with van der Waals surface area (Å²) in [6, 6.07) is 12.1. The maximum Gasteiger partial charge on any atom is 0.473 e. The van der Waals surface area contributed by atoms with Crippen LogP contribution in [-0.4, -0.2) is 30.9 Å². The lowest BCUT2D eigenvalue weighted by atomic mass is 10.2. The summed E-state index contributed by atoms with van der Waals surface area (Å²) in [6.07, 6.45) is 3.98. The van der Waals surface area contributed by atoms with Crippen molar-refractivity contribution >= 4 is 18.7 Å². The van der Waals surface area contributed by atoms with E-state index >= 15 is 0 Å². The molecule has 0 fully saturated rings. The molecule has 7 nitrogen and oxygen atoms in total. The average molecular weight is 408 g/mol. The Balaban J connectivity index is 0.000000212. The lowest BCUT2D eigenvalue weighted by molar-refractivity contribution is -0.699. The topological polar surface area (TPSA) is 66.5 Å². The number of aromatic nitrogens is 3. The minimum atomic E-state index is -3.16.